The van der Waals surface area contributed by atoms with Crippen molar-refractivity contribution in [3.05, 3.63) is 86.2 Å². The fourth-order valence-electron chi connectivity index (χ4n) is 5.99. The Hall–Kier alpha value is -0.970. The van der Waals surface area contributed by atoms with E-state index in [1.807, 2.05) is 86.6 Å². The molecule has 0 amide bonds. The van der Waals surface area contributed by atoms with E-state index in [1.54, 1.807) is 0 Å². The summed E-state index contributed by atoms with van der Waals surface area (Å²) >= 11 is 10.5. The molecule has 0 N–H and O–H groups in total. The molecule has 9 heteroatoms. The molecule has 0 heterocycles. The van der Waals surface area contributed by atoms with Crippen molar-refractivity contribution in [3.8, 4) is 0 Å². The number of halogens is 3. The lowest BCUT2D eigenvalue weighted by molar-refractivity contribution is -0.128. The van der Waals surface area contributed by atoms with Crippen LogP contribution in [-0.4, -0.2) is 20.0 Å². The van der Waals surface area contributed by atoms with E-state index in [2.05, 4.69) is 47.8 Å². The molecule has 4 nitrogen and oxygen atoms in total. The van der Waals surface area contributed by atoms with Gasteiger partial charge in [0.15, 0.2) is 0 Å². The molecule has 2 bridgehead atoms. The van der Waals surface area contributed by atoms with Crippen LogP contribution in [-0.2, 0) is 18.5 Å². The maximum atomic E-state index is 14.2. The van der Waals surface area contributed by atoms with E-state index in [-0.39, 0.29) is 22.9 Å². The van der Waals surface area contributed by atoms with Crippen LogP contribution in [0.15, 0.2) is 101 Å². The van der Waals surface area contributed by atoms with E-state index in [4.69, 9.17) is 3.63 Å². The zero-order valence-electron chi connectivity index (χ0n) is 20.4. The molecule has 196 valence electrons. The van der Waals surface area contributed by atoms with Crippen LogP contribution in [0.2, 0.25) is 0 Å². The summed E-state index contributed by atoms with van der Waals surface area (Å²) in [5.74, 6) is -0.0325. The molecule has 2 unspecified atom stereocenters. The topological polar surface area (TPSA) is 60.4 Å². The molecule has 2 aliphatic rings. The van der Waals surface area contributed by atoms with Gasteiger partial charge in [-0.3, -0.25) is 4.79 Å². The Morgan fingerprint density at radius 2 is 1.19 bits per heavy atom. The molecule has 0 radical (unpaired) electrons. The molecular formula is C28H27Br3O4S2. The second-order valence-electron chi connectivity index (χ2n) is 10.4. The molecule has 3 aromatic rings. The average molecular weight is 731 g/mol. The zero-order chi connectivity index (χ0) is 26.6. The maximum absolute atomic E-state index is 14.2. The van der Waals surface area contributed by atoms with Gasteiger partial charge in [0, 0.05) is 34.5 Å². The van der Waals surface area contributed by atoms with Crippen molar-refractivity contribution in [1.29, 1.82) is 0 Å². The molecule has 0 saturated heterocycles. The van der Waals surface area contributed by atoms with Crippen molar-refractivity contribution in [1.82, 2.24) is 0 Å². The van der Waals surface area contributed by atoms with Gasteiger partial charge in [0.1, 0.15) is 5.78 Å². The molecule has 2 saturated carbocycles. The summed E-state index contributed by atoms with van der Waals surface area (Å²) in [6.07, 6.45) is 1.91. The van der Waals surface area contributed by atoms with Gasteiger partial charge in [-0.25, -0.2) is 3.63 Å². The van der Waals surface area contributed by atoms with E-state index in [9.17, 15) is 13.2 Å². The Morgan fingerprint density at radius 1 is 0.784 bits per heavy atom. The summed E-state index contributed by atoms with van der Waals surface area (Å²) in [5, 5.41) is 0. The number of fused-ring (bicyclic) bond motifs is 2. The highest BCUT2D eigenvalue weighted by molar-refractivity contribution is 9.11. The number of carbonyl (C=O) groups is 1. The summed E-state index contributed by atoms with van der Waals surface area (Å²) < 4.78 is 37.5. The Kier molecular flexibility index (Phi) is 7.38. The predicted octanol–water partition coefficient (Wildman–Crippen LogP) is 8.91. The lowest BCUT2D eigenvalue weighted by atomic mass is 9.70. The van der Waals surface area contributed by atoms with Crippen molar-refractivity contribution in [3.63, 3.8) is 0 Å². The lowest BCUT2D eigenvalue weighted by Crippen LogP contribution is -2.42. The fourth-order valence-corrected chi connectivity index (χ4v) is 12.8. The summed E-state index contributed by atoms with van der Waals surface area (Å²) in [4.78, 5) is 15.5. The minimum absolute atomic E-state index is 0.0532. The number of carbonyl (C=O) groups excluding carboxylic acids is 1. The van der Waals surface area contributed by atoms with Gasteiger partial charge >= 0.3 is 0 Å². The van der Waals surface area contributed by atoms with Gasteiger partial charge in [0.2, 0.25) is 0 Å². The standard InChI is InChI=1S/C28H27Br3O4S2/c1-27(2)19-15-16-28(27,26(32)17-19)18-36(33,34)35-37(23-9-3-20(29)4-10-23,24-11-5-21(30)6-12-24)25-13-7-22(31)8-14-25/h3-14,19H,15-18H2,1-2H3. The molecule has 0 aromatic heterocycles. The number of benzene rings is 3. The summed E-state index contributed by atoms with van der Waals surface area (Å²) in [7, 11) is -6.88. The quantitative estimate of drug-likeness (QED) is 0.244. The van der Waals surface area contributed by atoms with E-state index in [0.29, 0.717) is 12.8 Å². The third-order valence-corrected chi connectivity index (χ3v) is 15.1. The van der Waals surface area contributed by atoms with Crippen LogP contribution >= 0.6 is 58.1 Å². The van der Waals surface area contributed by atoms with Crippen molar-refractivity contribution in [2.24, 2.45) is 16.7 Å². The smallest absolute Gasteiger partial charge is 0.278 e. The van der Waals surface area contributed by atoms with Gasteiger partial charge in [-0.05, 0) is 107 Å². The van der Waals surface area contributed by atoms with Crippen LogP contribution in [0.5, 0.6) is 0 Å². The molecule has 2 fully saturated rings. The van der Waals surface area contributed by atoms with Crippen molar-refractivity contribution < 1.29 is 16.8 Å². The lowest BCUT2D eigenvalue weighted by Gasteiger charge is -2.41. The first-order valence-corrected chi connectivity index (χ1v) is 17.5. The molecule has 37 heavy (non-hydrogen) atoms. The van der Waals surface area contributed by atoms with Crippen molar-refractivity contribution in [2.75, 3.05) is 5.75 Å². The zero-order valence-corrected chi connectivity index (χ0v) is 26.8. The van der Waals surface area contributed by atoms with E-state index in [0.717, 1.165) is 34.5 Å². The van der Waals surface area contributed by atoms with E-state index < -0.39 is 25.8 Å². The summed E-state index contributed by atoms with van der Waals surface area (Å²) in [6, 6.07) is 22.8. The monoisotopic (exact) mass is 728 g/mol. The molecule has 3 aromatic carbocycles. The number of Topliss-reactive ketones (excluding diaryl/α,β-unsaturated/α-hetero) is 1. The highest BCUT2D eigenvalue weighted by Crippen LogP contribution is 2.71. The van der Waals surface area contributed by atoms with Crippen LogP contribution in [0, 0.1) is 16.7 Å². The van der Waals surface area contributed by atoms with Crippen LogP contribution in [0.1, 0.15) is 33.1 Å². The molecular weight excluding hydrogens is 704 g/mol. The fraction of sp³-hybridized carbons (Fsp3) is 0.321. The second kappa shape index (κ2) is 9.89. The number of ketones is 1. The third-order valence-electron chi connectivity index (χ3n) is 8.20. The molecule has 0 spiro atoms. The first kappa shape index (κ1) is 27.6. The Morgan fingerprint density at radius 3 is 1.51 bits per heavy atom. The molecule has 2 atom stereocenters. The van der Waals surface area contributed by atoms with E-state index >= 15 is 0 Å². The SMILES string of the molecule is CC1(C)C2CCC1(CS(=O)(=O)OS(c1ccc(Br)cc1)(c1ccc(Br)cc1)c1ccc(Br)cc1)C(=O)C2. The number of hydrogen-bond donors (Lipinski definition) is 0. The molecule has 2 aliphatic carbocycles. The van der Waals surface area contributed by atoms with E-state index in [1.165, 1.54) is 0 Å². The Balaban J connectivity index is 1.70. The predicted molar refractivity (Wildman–Crippen MR) is 158 cm³/mol. The van der Waals surface area contributed by atoms with Crippen molar-refractivity contribution in [2.45, 2.75) is 47.8 Å². The van der Waals surface area contributed by atoms with Gasteiger partial charge in [-0.2, -0.15) is 8.42 Å². The number of rotatable bonds is 7. The van der Waals surface area contributed by atoms with Gasteiger partial charge in [-0.15, -0.1) is 0 Å². The maximum Gasteiger partial charge on any atom is 0.278 e. The summed E-state index contributed by atoms with van der Waals surface area (Å²) in [5.41, 5.74) is -1.30. The van der Waals surface area contributed by atoms with Gasteiger partial charge in [-0.1, -0.05) is 61.6 Å². The highest BCUT2D eigenvalue weighted by atomic mass is 79.9. The van der Waals surface area contributed by atoms with Crippen LogP contribution < -0.4 is 0 Å². The highest BCUT2D eigenvalue weighted by Gasteiger charge is 2.65. The molecule has 5 rings (SSSR count). The normalized spacial score (nSPS) is 23.4. The summed E-state index contributed by atoms with van der Waals surface area (Å²) in [6.45, 7) is 4.09. The van der Waals surface area contributed by atoms with Gasteiger partial charge in [0.25, 0.3) is 10.1 Å². The van der Waals surface area contributed by atoms with Crippen LogP contribution in [0.4, 0.5) is 0 Å². The second-order valence-corrected chi connectivity index (χ2v) is 17.6. The first-order valence-electron chi connectivity index (χ1n) is 12.0. The Bertz CT molecular complexity index is 1330. The first-order chi connectivity index (χ1) is 17.4. The Labute approximate surface area is 245 Å². The van der Waals surface area contributed by atoms with Gasteiger partial charge in [0.05, 0.1) is 11.2 Å². The molecule has 0 aliphatic heterocycles. The van der Waals surface area contributed by atoms with Crippen molar-refractivity contribution >= 4 is 74.0 Å². The van der Waals surface area contributed by atoms with Crippen LogP contribution in [0.25, 0.3) is 0 Å². The van der Waals surface area contributed by atoms with Gasteiger partial charge < -0.3 is 0 Å². The third kappa shape index (κ3) is 4.72. The average Bonchev–Trinajstić information content (AvgIpc) is 3.18. The largest absolute Gasteiger partial charge is 0.299 e. The minimum Gasteiger partial charge on any atom is -0.299 e. The minimum atomic E-state index is -4.16. The van der Waals surface area contributed by atoms with Crippen LogP contribution in [0.3, 0.4) is 0 Å². The number of hydrogen-bond acceptors (Lipinski definition) is 4.